The zero-order valence-corrected chi connectivity index (χ0v) is 12.9. The predicted molar refractivity (Wildman–Crippen MR) is 79.1 cm³/mol. The van der Waals surface area contributed by atoms with E-state index < -0.39 is 39.9 Å². The number of carboxylic acids is 1. The van der Waals surface area contributed by atoms with Gasteiger partial charge in [-0.25, -0.2) is 4.79 Å². The number of amides is 2. The zero-order valence-electron chi connectivity index (χ0n) is 12.9. The molecule has 0 saturated heterocycles. The van der Waals surface area contributed by atoms with Gasteiger partial charge in [0.2, 0.25) is 0 Å². The second-order valence-electron chi connectivity index (χ2n) is 6.56. The maximum absolute atomic E-state index is 12.5. The molecule has 2 amide bonds. The summed E-state index contributed by atoms with van der Waals surface area (Å²) in [6, 6.07) is 2.33. The summed E-state index contributed by atoms with van der Waals surface area (Å²) in [6.45, 7) is 5.34. The molecule has 0 spiro atoms. The van der Waals surface area contributed by atoms with Gasteiger partial charge in [-0.05, 0) is 17.9 Å². The SMILES string of the molecule is CC(C)(C)C[C@@H](C(=O)O)N1C(=O)c2cccc([N+](=O)[O-])c2C1=O. The van der Waals surface area contributed by atoms with Crippen LogP contribution >= 0.6 is 0 Å². The lowest BCUT2D eigenvalue weighted by atomic mass is 9.87. The van der Waals surface area contributed by atoms with E-state index in [0.717, 1.165) is 6.07 Å². The second-order valence-corrected chi connectivity index (χ2v) is 6.56. The van der Waals surface area contributed by atoms with E-state index in [1.54, 1.807) is 20.8 Å². The third kappa shape index (κ3) is 2.92. The fourth-order valence-corrected chi connectivity index (χ4v) is 2.59. The van der Waals surface area contributed by atoms with Crippen LogP contribution in [0.3, 0.4) is 0 Å². The molecule has 8 nitrogen and oxygen atoms in total. The Bertz CT molecular complexity index is 719. The van der Waals surface area contributed by atoms with E-state index in [9.17, 15) is 29.6 Å². The van der Waals surface area contributed by atoms with Gasteiger partial charge in [-0.3, -0.25) is 24.6 Å². The molecule has 0 radical (unpaired) electrons. The Labute approximate surface area is 131 Å². The highest BCUT2D eigenvalue weighted by molar-refractivity contribution is 6.24. The predicted octanol–water partition coefficient (Wildman–Crippen LogP) is 2.08. The molecule has 1 N–H and O–H groups in total. The van der Waals surface area contributed by atoms with Gasteiger partial charge in [0.25, 0.3) is 17.5 Å². The van der Waals surface area contributed by atoms with Crippen LogP contribution in [0.4, 0.5) is 5.69 Å². The van der Waals surface area contributed by atoms with Crippen molar-refractivity contribution < 1.29 is 24.4 Å². The quantitative estimate of drug-likeness (QED) is 0.515. The molecule has 8 heteroatoms. The highest BCUT2D eigenvalue weighted by Crippen LogP contribution is 2.34. The number of carboxylic acid groups (broad SMARTS) is 1. The van der Waals surface area contributed by atoms with Crippen LogP contribution in [0.5, 0.6) is 0 Å². The normalized spacial score (nSPS) is 15.5. The largest absolute Gasteiger partial charge is 0.480 e. The third-order valence-corrected chi connectivity index (χ3v) is 3.52. The standard InChI is InChI=1S/C15H16N2O6/c1-15(2,3)7-10(14(20)21)16-12(18)8-5-4-6-9(17(22)23)11(8)13(16)19/h4-6,10H,7H2,1-3H3,(H,20,21)/t10-/m0/s1. The van der Waals surface area contributed by atoms with Crippen LogP contribution in [0.2, 0.25) is 0 Å². The molecular weight excluding hydrogens is 304 g/mol. The molecule has 0 bridgehead atoms. The molecule has 0 saturated carbocycles. The lowest BCUT2D eigenvalue weighted by Gasteiger charge is -2.28. The van der Waals surface area contributed by atoms with E-state index in [0.29, 0.717) is 4.90 Å². The van der Waals surface area contributed by atoms with Crippen LogP contribution in [0, 0.1) is 15.5 Å². The van der Waals surface area contributed by atoms with E-state index in [4.69, 9.17) is 0 Å². The topological polar surface area (TPSA) is 118 Å². The summed E-state index contributed by atoms with van der Waals surface area (Å²) in [5.74, 6) is -3.07. The number of hydrogen-bond donors (Lipinski definition) is 1. The van der Waals surface area contributed by atoms with E-state index in [2.05, 4.69) is 0 Å². The maximum Gasteiger partial charge on any atom is 0.326 e. The van der Waals surface area contributed by atoms with Gasteiger partial charge >= 0.3 is 5.97 Å². The molecule has 1 heterocycles. The van der Waals surface area contributed by atoms with Gasteiger partial charge in [0.1, 0.15) is 11.6 Å². The van der Waals surface area contributed by atoms with Gasteiger partial charge in [-0.15, -0.1) is 0 Å². The number of carbonyl (C=O) groups excluding carboxylic acids is 2. The molecule has 1 aromatic rings. The second kappa shape index (κ2) is 5.45. The molecule has 0 aliphatic carbocycles. The van der Waals surface area contributed by atoms with Gasteiger partial charge in [0.05, 0.1) is 10.5 Å². The molecule has 0 fully saturated rings. The van der Waals surface area contributed by atoms with Crippen molar-refractivity contribution in [3.63, 3.8) is 0 Å². The van der Waals surface area contributed by atoms with Crippen molar-refractivity contribution in [3.8, 4) is 0 Å². The molecule has 1 aliphatic rings. The molecule has 0 aromatic heterocycles. The Morgan fingerprint density at radius 2 is 1.91 bits per heavy atom. The van der Waals surface area contributed by atoms with Gasteiger partial charge < -0.3 is 5.11 Å². The lowest BCUT2D eigenvalue weighted by molar-refractivity contribution is -0.385. The lowest BCUT2D eigenvalue weighted by Crippen LogP contribution is -2.46. The van der Waals surface area contributed by atoms with Crippen molar-refractivity contribution >= 4 is 23.5 Å². The van der Waals surface area contributed by atoms with Crippen molar-refractivity contribution in [1.82, 2.24) is 4.90 Å². The summed E-state index contributed by atoms with van der Waals surface area (Å²) >= 11 is 0. The van der Waals surface area contributed by atoms with Crippen LogP contribution in [0.25, 0.3) is 0 Å². The van der Waals surface area contributed by atoms with Gasteiger partial charge in [-0.1, -0.05) is 26.8 Å². The first kappa shape index (κ1) is 16.6. The Balaban J connectivity index is 2.53. The summed E-state index contributed by atoms with van der Waals surface area (Å²) in [5, 5.41) is 20.5. The molecule has 2 rings (SSSR count). The molecule has 0 unspecified atom stereocenters. The van der Waals surface area contributed by atoms with Crippen LogP contribution in [0.15, 0.2) is 18.2 Å². The molecular formula is C15H16N2O6. The zero-order chi connectivity index (χ0) is 17.5. The monoisotopic (exact) mass is 320 g/mol. The van der Waals surface area contributed by atoms with Gasteiger partial charge in [-0.2, -0.15) is 0 Å². The highest BCUT2D eigenvalue weighted by Gasteiger charge is 2.47. The number of carbonyl (C=O) groups is 3. The summed E-state index contributed by atoms with van der Waals surface area (Å²) in [6.07, 6.45) is 0.0433. The third-order valence-electron chi connectivity index (χ3n) is 3.52. The number of rotatable bonds is 4. The van der Waals surface area contributed by atoms with Crippen LogP contribution in [-0.2, 0) is 4.79 Å². The first-order chi connectivity index (χ1) is 10.5. The van der Waals surface area contributed by atoms with E-state index in [1.807, 2.05) is 0 Å². The number of nitrogens with zero attached hydrogens (tertiary/aromatic N) is 2. The van der Waals surface area contributed by atoms with Gasteiger partial charge in [0, 0.05) is 6.07 Å². The van der Waals surface area contributed by atoms with E-state index >= 15 is 0 Å². The minimum absolute atomic E-state index is 0.0433. The molecule has 1 aromatic carbocycles. The molecule has 23 heavy (non-hydrogen) atoms. The summed E-state index contributed by atoms with van der Waals surface area (Å²) in [5.41, 5.74) is -1.43. The van der Waals surface area contributed by atoms with Crippen molar-refractivity contribution in [2.45, 2.75) is 33.2 Å². The van der Waals surface area contributed by atoms with Crippen LogP contribution in [0.1, 0.15) is 47.9 Å². The number of imide groups is 1. The van der Waals surface area contributed by atoms with Gasteiger partial charge in [0.15, 0.2) is 0 Å². The number of aliphatic carboxylic acids is 1. The van der Waals surface area contributed by atoms with Crippen LogP contribution in [-0.4, -0.2) is 38.8 Å². The number of nitro groups is 1. The molecule has 1 atom stereocenters. The molecule has 1 aliphatic heterocycles. The van der Waals surface area contributed by atoms with Crippen molar-refractivity contribution in [2.75, 3.05) is 0 Å². The first-order valence-electron chi connectivity index (χ1n) is 6.92. The van der Waals surface area contributed by atoms with Crippen molar-refractivity contribution in [3.05, 3.63) is 39.4 Å². The Morgan fingerprint density at radius 3 is 2.39 bits per heavy atom. The van der Waals surface area contributed by atoms with Crippen LogP contribution < -0.4 is 0 Å². The Kier molecular flexibility index (Phi) is 3.94. The fraction of sp³-hybridized carbons (Fsp3) is 0.400. The number of nitro benzene ring substituents is 1. The highest BCUT2D eigenvalue weighted by atomic mass is 16.6. The fourth-order valence-electron chi connectivity index (χ4n) is 2.59. The number of fused-ring (bicyclic) bond motifs is 1. The first-order valence-corrected chi connectivity index (χ1v) is 6.92. The minimum Gasteiger partial charge on any atom is -0.480 e. The number of hydrogen-bond acceptors (Lipinski definition) is 5. The Morgan fingerprint density at radius 1 is 1.30 bits per heavy atom. The minimum atomic E-state index is -1.37. The smallest absolute Gasteiger partial charge is 0.326 e. The Hall–Kier alpha value is -2.77. The average Bonchev–Trinajstić information content (AvgIpc) is 2.67. The summed E-state index contributed by atoms with van der Waals surface area (Å²) in [4.78, 5) is 47.4. The number of benzene rings is 1. The summed E-state index contributed by atoms with van der Waals surface area (Å²) in [7, 11) is 0. The van der Waals surface area contributed by atoms with E-state index in [1.165, 1.54) is 12.1 Å². The molecule has 122 valence electrons. The van der Waals surface area contributed by atoms with Crippen molar-refractivity contribution in [1.29, 1.82) is 0 Å². The summed E-state index contributed by atoms with van der Waals surface area (Å²) < 4.78 is 0. The maximum atomic E-state index is 12.5. The average molecular weight is 320 g/mol. The van der Waals surface area contributed by atoms with E-state index in [-0.39, 0.29) is 17.5 Å². The van der Waals surface area contributed by atoms with Crippen molar-refractivity contribution in [2.24, 2.45) is 5.41 Å².